The summed E-state index contributed by atoms with van der Waals surface area (Å²) in [6.45, 7) is 4.16. The highest BCUT2D eigenvalue weighted by molar-refractivity contribution is 5.98. The number of piperidine rings is 1. The molecule has 134 valence electrons. The number of hydrogen-bond donors (Lipinski definition) is 0. The lowest BCUT2D eigenvalue weighted by molar-refractivity contribution is -0.124. The van der Waals surface area contributed by atoms with E-state index in [0.717, 1.165) is 62.5 Å². The maximum atomic E-state index is 14.0. The number of carbonyl (C=O) groups excluding carboxylic acids is 1. The van der Waals surface area contributed by atoms with Crippen molar-refractivity contribution in [2.75, 3.05) is 31.1 Å². The Balaban J connectivity index is 1.41. The predicted octanol–water partition coefficient (Wildman–Crippen LogP) is 3.72. The second kappa shape index (κ2) is 5.80. The lowest BCUT2D eigenvalue weighted by atomic mass is 9.74. The van der Waals surface area contributed by atoms with Gasteiger partial charge in [0.15, 0.2) is 0 Å². The van der Waals surface area contributed by atoms with Crippen molar-refractivity contribution in [1.82, 2.24) is 4.90 Å². The molecule has 0 N–H and O–H groups in total. The van der Waals surface area contributed by atoms with Crippen LogP contribution in [0.1, 0.15) is 50.5 Å². The molecular weight excluding hydrogens is 315 g/mol. The maximum Gasteiger partial charge on any atom is 0.230 e. The molecule has 0 bridgehead atoms. The summed E-state index contributed by atoms with van der Waals surface area (Å²) >= 11 is 0. The largest absolute Gasteiger partial charge is 0.311 e. The molecule has 0 radical (unpaired) electrons. The van der Waals surface area contributed by atoms with Crippen LogP contribution < -0.4 is 4.90 Å². The van der Waals surface area contributed by atoms with Gasteiger partial charge in [0.25, 0.3) is 0 Å². The van der Waals surface area contributed by atoms with E-state index < -0.39 is 0 Å². The normalized spacial score (nSPS) is 25.9. The first-order valence-corrected chi connectivity index (χ1v) is 9.98. The zero-order valence-corrected chi connectivity index (χ0v) is 14.8. The van der Waals surface area contributed by atoms with Crippen molar-refractivity contribution in [3.05, 3.63) is 29.6 Å². The van der Waals surface area contributed by atoms with E-state index in [0.29, 0.717) is 0 Å². The van der Waals surface area contributed by atoms with Crippen LogP contribution in [0.3, 0.4) is 0 Å². The van der Waals surface area contributed by atoms with Crippen LogP contribution in [0, 0.1) is 17.7 Å². The van der Waals surface area contributed by atoms with E-state index in [2.05, 4.69) is 4.90 Å². The Morgan fingerprint density at radius 3 is 2.56 bits per heavy atom. The van der Waals surface area contributed by atoms with Crippen LogP contribution in [0.4, 0.5) is 10.1 Å². The van der Waals surface area contributed by atoms with Gasteiger partial charge in [-0.1, -0.05) is 6.42 Å². The van der Waals surface area contributed by atoms with Gasteiger partial charge < -0.3 is 9.80 Å². The molecule has 2 aliphatic heterocycles. The minimum atomic E-state index is -0.170. The highest BCUT2D eigenvalue weighted by atomic mass is 19.1. The van der Waals surface area contributed by atoms with E-state index in [1.807, 2.05) is 11.0 Å². The first kappa shape index (κ1) is 15.8. The van der Waals surface area contributed by atoms with Crippen molar-refractivity contribution in [3.8, 4) is 0 Å². The number of likely N-dealkylation sites (tertiary alicyclic amines) is 1. The Hall–Kier alpha value is -1.42. The highest BCUT2D eigenvalue weighted by Gasteiger charge is 2.48. The molecular formula is C21H27FN2O. The molecule has 4 heteroatoms. The van der Waals surface area contributed by atoms with E-state index in [-0.39, 0.29) is 23.1 Å². The number of fused-ring (bicyclic) bond motifs is 2. The molecule has 2 aliphatic carbocycles. The van der Waals surface area contributed by atoms with Crippen molar-refractivity contribution < 1.29 is 9.18 Å². The average molecular weight is 342 g/mol. The molecule has 3 nitrogen and oxygen atoms in total. The number of benzene rings is 1. The van der Waals surface area contributed by atoms with Gasteiger partial charge in [0.1, 0.15) is 5.82 Å². The third-order valence-electron chi connectivity index (χ3n) is 7.03. The van der Waals surface area contributed by atoms with Gasteiger partial charge in [0, 0.05) is 30.1 Å². The third-order valence-corrected chi connectivity index (χ3v) is 7.03. The summed E-state index contributed by atoms with van der Waals surface area (Å²) in [5, 5.41) is 0. The molecule has 0 aromatic heterocycles. The van der Waals surface area contributed by atoms with Crippen LogP contribution >= 0.6 is 0 Å². The molecule has 1 aromatic carbocycles. The Labute approximate surface area is 149 Å². The first-order chi connectivity index (χ1) is 12.1. The molecule has 4 aliphatic rings. The van der Waals surface area contributed by atoms with Gasteiger partial charge in [-0.3, -0.25) is 4.79 Å². The van der Waals surface area contributed by atoms with Gasteiger partial charge in [-0.25, -0.2) is 4.39 Å². The molecule has 25 heavy (non-hydrogen) atoms. The van der Waals surface area contributed by atoms with Crippen LogP contribution in [0.2, 0.25) is 0 Å². The molecule has 3 fully saturated rings. The Kier molecular flexibility index (Phi) is 3.67. The fourth-order valence-electron chi connectivity index (χ4n) is 4.97. The van der Waals surface area contributed by atoms with Crippen LogP contribution in [-0.4, -0.2) is 37.0 Å². The Morgan fingerprint density at radius 1 is 1.16 bits per heavy atom. The summed E-state index contributed by atoms with van der Waals surface area (Å²) in [5.41, 5.74) is 2.04. The number of hydrogen-bond acceptors (Lipinski definition) is 2. The summed E-state index contributed by atoms with van der Waals surface area (Å²) in [6.07, 6.45) is 8.08. The second-order valence-electron chi connectivity index (χ2n) is 8.74. The molecule has 2 heterocycles. The zero-order valence-electron chi connectivity index (χ0n) is 14.8. The number of nitrogens with zero attached hydrogens (tertiary/aromatic N) is 2. The Bertz CT molecular complexity index is 687. The zero-order chi connectivity index (χ0) is 17.0. The van der Waals surface area contributed by atoms with E-state index in [4.69, 9.17) is 0 Å². The van der Waals surface area contributed by atoms with Gasteiger partial charge >= 0.3 is 0 Å². The van der Waals surface area contributed by atoms with E-state index >= 15 is 0 Å². The van der Waals surface area contributed by atoms with E-state index in [1.54, 1.807) is 6.07 Å². The molecule has 2 saturated carbocycles. The number of rotatable bonds is 3. The number of amides is 1. The average Bonchev–Trinajstić information content (AvgIpc) is 3.32. The predicted molar refractivity (Wildman–Crippen MR) is 96.2 cm³/mol. The first-order valence-electron chi connectivity index (χ1n) is 9.98. The molecule has 0 unspecified atom stereocenters. The molecule has 0 atom stereocenters. The smallest absolute Gasteiger partial charge is 0.230 e. The molecule has 5 rings (SSSR count). The monoisotopic (exact) mass is 342 g/mol. The van der Waals surface area contributed by atoms with Gasteiger partial charge in [-0.15, -0.1) is 0 Å². The SMILES string of the molecule is O=C(C1CCC1)N1CC2(CCN(CC3CC3)CC2)c2cc(F)ccc21. The van der Waals surface area contributed by atoms with Gasteiger partial charge in [-0.05, 0) is 81.3 Å². The number of halogens is 1. The number of carbonyl (C=O) groups is 1. The lowest BCUT2D eigenvalue weighted by Crippen LogP contribution is -2.47. The third kappa shape index (κ3) is 2.69. The fourth-order valence-corrected chi connectivity index (χ4v) is 4.97. The maximum absolute atomic E-state index is 14.0. The fraction of sp³-hybridized carbons (Fsp3) is 0.667. The van der Waals surface area contributed by atoms with E-state index in [9.17, 15) is 9.18 Å². The van der Waals surface area contributed by atoms with Gasteiger partial charge in [-0.2, -0.15) is 0 Å². The van der Waals surface area contributed by atoms with Crippen LogP contribution in [0.15, 0.2) is 18.2 Å². The van der Waals surface area contributed by atoms with Crippen LogP contribution in [0.25, 0.3) is 0 Å². The van der Waals surface area contributed by atoms with Gasteiger partial charge in [0.2, 0.25) is 5.91 Å². The molecule has 1 amide bonds. The minimum Gasteiger partial charge on any atom is -0.311 e. The van der Waals surface area contributed by atoms with Crippen LogP contribution in [-0.2, 0) is 10.2 Å². The summed E-state index contributed by atoms with van der Waals surface area (Å²) in [4.78, 5) is 17.5. The molecule has 1 saturated heterocycles. The molecule has 1 aromatic rings. The quantitative estimate of drug-likeness (QED) is 0.836. The van der Waals surface area contributed by atoms with Crippen LogP contribution in [0.5, 0.6) is 0 Å². The van der Waals surface area contributed by atoms with Crippen molar-refractivity contribution >= 4 is 11.6 Å². The van der Waals surface area contributed by atoms with Crippen molar-refractivity contribution in [2.24, 2.45) is 11.8 Å². The van der Waals surface area contributed by atoms with E-state index in [1.165, 1.54) is 31.9 Å². The topological polar surface area (TPSA) is 23.6 Å². The second-order valence-corrected chi connectivity index (χ2v) is 8.74. The van der Waals surface area contributed by atoms with Crippen molar-refractivity contribution in [2.45, 2.75) is 50.4 Å². The molecule has 1 spiro atoms. The minimum absolute atomic E-state index is 0.0309. The number of anilines is 1. The highest BCUT2D eigenvalue weighted by Crippen LogP contribution is 2.48. The standard InChI is InChI=1S/C21H27FN2O/c22-17-6-7-19-18(12-17)21(14-24(19)20(25)16-2-1-3-16)8-10-23(11-9-21)13-15-4-5-15/h6-7,12,15-16H,1-5,8-11,13-14H2. The summed E-state index contributed by atoms with van der Waals surface area (Å²) in [6, 6.07) is 5.06. The van der Waals surface area contributed by atoms with Crippen molar-refractivity contribution in [1.29, 1.82) is 0 Å². The lowest BCUT2D eigenvalue weighted by Gasteiger charge is -2.40. The summed E-state index contributed by atoms with van der Waals surface area (Å²) in [7, 11) is 0. The van der Waals surface area contributed by atoms with Gasteiger partial charge in [0.05, 0.1) is 0 Å². The summed E-state index contributed by atoms with van der Waals surface area (Å²) in [5.74, 6) is 1.22. The summed E-state index contributed by atoms with van der Waals surface area (Å²) < 4.78 is 14.0. The van der Waals surface area contributed by atoms with Crippen molar-refractivity contribution in [3.63, 3.8) is 0 Å². The Morgan fingerprint density at radius 2 is 1.92 bits per heavy atom.